The van der Waals surface area contributed by atoms with Crippen LogP contribution in [0.4, 0.5) is 5.95 Å². The summed E-state index contributed by atoms with van der Waals surface area (Å²) in [4.78, 5) is 4.37. The number of hydrogen-bond donors (Lipinski definition) is 1. The van der Waals surface area contributed by atoms with Crippen molar-refractivity contribution in [3.63, 3.8) is 0 Å². The molecule has 18 heavy (non-hydrogen) atoms. The molecule has 3 aromatic rings. The molecule has 2 heterocycles. The molecule has 5 heteroatoms. The molecule has 0 aliphatic carbocycles. The summed E-state index contributed by atoms with van der Waals surface area (Å²) < 4.78 is 5.45. The summed E-state index contributed by atoms with van der Waals surface area (Å²) in [6.45, 7) is 2.46. The quantitative estimate of drug-likeness (QED) is 0.762. The molecule has 0 atom stereocenters. The minimum Gasteiger partial charge on any atom is -0.465 e. The number of fused-ring (bicyclic) bond motifs is 1. The standard InChI is InChI=1S/C13H12N4O/c1-9-6-7-10(18-9)8-14-13-15-11-4-2-3-5-12(11)16-17-13/h2-7H,8H2,1H3,(H,14,15,17). The van der Waals surface area contributed by atoms with Crippen LogP contribution in [0.15, 0.2) is 40.8 Å². The number of nitrogens with zero attached hydrogens (tertiary/aromatic N) is 3. The van der Waals surface area contributed by atoms with Crippen molar-refractivity contribution in [2.75, 3.05) is 5.32 Å². The number of hydrogen-bond acceptors (Lipinski definition) is 5. The van der Waals surface area contributed by atoms with E-state index in [0.29, 0.717) is 12.5 Å². The van der Waals surface area contributed by atoms with Crippen molar-refractivity contribution in [2.24, 2.45) is 0 Å². The first-order valence-corrected chi connectivity index (χ1v) is 5.70. The van der Waals surface area contributed by atoms with E-state index in [9.17, 15) is 0 Å². The molecule has 0 radical (unpaired) electrons. The first-order chi connectivity index (χ1) is 8.81. The summed E-state index contributed by atoms with van der Waals surface area (Å²) in [7, 11) is 0. The van der Waals surface area contributed by atoms with Gasteiger partial charge in [-0.25, -0.2) is 4.98 Å². The molecule has 5 nitrogen and oxygen atoms in total. The van der Waals surface area contributed by atoms with E-state index in [4.69, 9.17) is 4.42 Å². The number of para-hydroxylation sites is 1. The van der Waals surface area contributed by atoms with E-state index in [2.05, 4.69) is 20.5 Å². The predicted molar refractivity (Wildman–Crippen MR) is 68.1 cm³/mol. The van der Waals surface area contributed by atoms with E-state index < -0.39 is 0 Å². The highest BCUT2D eigenvalue weighted by Gasteiger charge is 2.02. The maximum Gasteiger partial charge on any atom is 0.243 e. The maximum absolute atomic E-state index is 5.45. The van der Waals surface area contributed by atoms with E-state index in [-0.39, 0.29) is 0 Å². The molecular weight excluding hydrogens is 228 g/mol. The molecule has 0 saturated heterocycles. The van der Waals surface area contributed by atoms with Gasteiger partial charge in [0.25, 0.3) is 0 Å². The van der Waals surface area contributed by atoms with Gasteiger partial charge in [-0.05, 0) is 31.2 Å². The Labute approximate surface area is 104 Å². The van der Waals surface area contributed by atoms with Gasteiger partial charge in [0.15, 0.2) is 0 Å². The lowest BCUT2D eigenvalue weighted by molar-refractivity contribution is 0.490. The van der Waals surface area contributed by atoms with Gasteiger partial charge in [0.05, 0.1) is 12.1 Å². The lowest BCUT2D eigenvalue weighted by Crippen LogP contribution is -2.04. The van der Waals surface area contributed by atoms with Crippen molar-refractivity contribution in [1.82, 2.24) is 15.2 Å². The predicted octanol–water partition coefficient (Wildman–Crippen LogP) is 2.54. The van der Waals surface area contributed by atoms with E-state index in [1.807, 2.05) is 43.3 Å². The molecule has 0 fully saturated rings. The summed E-state index contributed by atoms with van der Waals surface area (Å²) in [6, 6.07) is 11.5. The van der Waals surface area contributed by atoms with Gasteiger partial charge >= 0.3 is 0 Å². The van der Waals surface area contributed by atoms with Crippen LogP contribution in [0.2, 0.25) is 0 Å². The van der Waals surface area contributed by atoms with Gasteiger partial charge in [-0.2, -0.15) is 0 Å². The Balaban J connectivity index is 1.78. The average molecular weight is 240 g/mol. The Bertz CT molecular complexity index is 677. The second-order valence-corrected chi connectivity index (χ2v) is 3.99. The molecule has 0 spiro atoms. The van der Waals surface area contributed by atoms with Gasteiger partial charge in [-0.15, -0.1) is 10.2 Å². The molecule has 0 amide bonds. The first-order valence-electron chi connectivity index (χ1n) is 5.70. The highest BCUT2D eigenvalue weighted by atomic mass is 16.3. The topological polar surface area (TPSA) is 63.8 Å². The van der Waals surface area contributed by atoms with Crippen molar-refractivity contribution in [1.29, 1.82) is 0 Å². The summed E-state index contributed by atoms with van der Waals surface area (Å²) >= 11 is 0. The zero-order valence-electron chi connectivity index (χ0n) is 9.92. The Morgan fingerprint density at radius 1 is 1.06 bits per heavy atom. The SMILES string of the molecule is Cc1ccc(CNc2nnc3ccccc3n2)o1. The molecule has 90 valence electrons. The highest BCUT2D eigenvalue weighted by Crippen LogP contribution is 2.11. The number of furan rings is 1. The third kappa shape index (κ3) is 2.15. The third-order valence-corrected chi connectivity index (χ3v) is 2.58. The van der Waals surface area contributed by atoms with Crippen molar-refractivity contribution in [2.45, 2.75) is 13.5 Å². The summed E-state index contributed by atoms with van der Waals surface area (Å²) in [5.41, 5.74) is 1.61. The molecule has 0 aliphatic heterocycles. The van der Waals surface area contributed by atoms with E-state index >= 15 is 0 Å². The van der Waals surface area contributed by atoms with Crippen LogP contribution in [0.3, 0.4) is 0 Å². The highest BCUT2D eigenvalue weighted by molar-refractivity contribution is 5.73. The molecule has 1 N–H and O–H groups in total. The van der Waals surface area contributed by atoms with Crippen LogP contribution in [0.25, 0.3) is 11.0 Å². The Hall–Kier alpha value is -2.43. The molecule has 3 rings (SSSR count). The van der Waals surface area contributed by atoms with Gasteiger partial charge < -0.3 is 9.73 Å². The molecule has 0 aliphatic rings. The number of nitrogens with one attached hydrogen (secondary N) is 1. The van der Waals surface area contributed by atoms with Gasteiger partial charge in [-0.3, -0.25) is 0 Å². The second-order valence-electron chi connectivity index (χ2n) is 3.99. The summed E-state index contributed by atoms with van der Waals surface area (Å²) in [5, 5.41) is 11.2. The molecular formula is C13H12N4O. The van der Waals surface area contributed by atoms with Crippen LogP contribution in [0.5, 0.6) is 0 Å². The molecule has 0 bridgehead atoms. The van der Waals surface area contributed by atoms with Crippen LogP contribution < -0.4 is 5.32 Å². The number of benzene rings is 1. The second kappa shape index (κ2) is 4.44. The largest absolute Gasteiger partial charge is 0.465 e. The Kier molecular flexibility index (Phi) is 2.64. The van der Waals surface area contributed by atoms with Crippen LogP contribution >= 0.6 is 0 Å². The number of aryl methyl sites for hydroxylation is 1. The molecule has 0 saturated carbocycles. The Morgan fingerprint density at radius 2 is 1.89 bits per heavy atom. The zero-order chi connectivity index (χ0) is 12.4. The lowest BCUT2D eigenvalue weighted by Gasteiger charge is -2.02. The maximum atomic E-state index is 5.45. The summed E-state index contributed by atoms with van der Waals surface area (Å²) in [6.07, 6.45) is 0. The zero-order valence-corrected chi connectivity index (χ0v) is 9.92. The number of aromatic nitrogens is 3. The van der Waals surface area contributed by atoms with E-state index in [1.165, 1.54) is 0 Å². The molecule has 0 unspecified atom stereocenters. The minimum absolute atomic E-state index is 0.503. The first kappa shape index (κ1) is 10.7. The minimum atomic E-state index is 0.503. The van der Waals surface area contributed by atoms with Crippen molar-refractivity contribution in [3.05, 3.63) is 47.9 Å². The van der Waals surface area contributed by atoms with Crippen molar-refractivity contribution in [3.8, 4) is 0 Å². The monoisotopic (exact) mass is 240 g/mol. The Morgan fingerprint density at radius 3 is 2.67 bits per heavy atom. The fraction of sp³-hybridized carbons (Fsp3) is 0.154. The fourth-order valence-electron chi connectivity index (χ4n) is 1.70. The van der Waals surface area contributed by atoms with E-state index in [0.717, 1.165) is 22.6 Å². The molecule has 2 aromatic heterocycles. The fourth-order valence-corrected chi connectivity index (χ4v) is 1.70. The van der Waals surface area contributed by atoms with Crippen LogP contribution in [-0.4, -0.2) is 15.2 Å². The number of anilines is 1. The van der Waals surface area contributed by atoms with Gasteiger partial charge in [0.2, 0.25) is 5.95 Å². The van der Waals surface area contributed by atoms with Crippen LogP contribution in [0.1, 0.15) is 11.5 Å². The lowest BCUT2D eigenvalue weighted by atomic mass is 10.3. The van der Waals surface area contributed by atoms with Gasteiger partial charge in [-0.1, -0.05) is 12.1 Å². The smallest absolute Gasteiger partial charge is 0.243 e. The number of rotatable bonds is 3. The van der Waals surface area contributed by atoms with Gasteiger partial charge in [0.1, 0.15) is 17.0 Å². The molecule has 1 aromatic carbocycles. The van der Waals surface area contributed by atoms with Crippen LogP contribution in [0, 0.1) is 6.92 Å². The van der Waals surface area contributed by atoms with E-state index in [1.54, 1.807) is 0 Å². The average Bonchev–Trinajstić information content (AvgIpc) is 2.82. The normalized spacial score (nSPS) is 10.7. The van der Waals surface area contributed by atoms with Crippen molar-refractivity contribution < 1.29 is 4.42 Å². The summed E-state index contributed by atoms with van der Waals surface area (Å²) in [5.74, 6) is 2.25. The van der Waals surface area contributed by atoms with Crippen LogP contribution in [-0.2, 0) is 6.54 Å². The van der Waals surface area contributed by atoms with Crippen molar-refractivity contribution >= 4 is 17.0 Å². The van der Waals surface area contributed by atoms with Gasteiger partial charge in [0, 0.05) is 0 Å². The third-order valence-electron chi connectivity index (χ3n) is 2.58.